The zero-order chi connectivity index (χ0) is 29.7. The van der Waals surface area contributed by atoms with Gasteiger partial charge in [-0.1, -0.05) is 65.8 Å². The molecule has 1 unspecified atom stereocenters. The van der Waals surface area contributed by atoms with E-state index >= 15 is 0 Å². The van der Waals surface area contributed by atoms with Crippen molar-refractivity contribution >= 4 is 22.6 Å². The van der Waals surface area contributed by atoms with Gasteiger partial charge in [-0.05, 0) is 73.4 Å². The van der Waals surface area contributed by atoms with Crippen LogP contribution < -0.4 is 4.74 Å². The summed E-state index contributed by atoms with van der Waals surface area (Å²) < 4.78 is 31.6. The first-order valence-electron chi connectivity index (χ1n) is 15.3. The molecular formula is C32H54O6Si2. The lowest BCUT2D eigenvalue weighted by atomic mass is 9.95. The highest BCUT2D eigenvalue weighted by molar-refractivity contribution is 6.74. The van der Waals surface area contributed by atoms with E-state index in [0.29, 0.717) is 19.6 Å². The number of benzene rings is 1. The van der Waals surface area contributed by atoms with Crippen molar-refractivity contribution in [3.63, 3.8) is 0 Å². The van der Waals surface area contributed by atoms with Crippen LogP contribution in [0.5, 0.6) is 5.75 Å². The molecule has 0 saturated heterocycles. The molecule has 1 aliphatic rings. The standard InChI is InChI=1S/C32H54O6Si2/c1-9-39(10-2,11-3)37-30(23-25-35-26-27-18-20-28(34-8)21-19-27)32(7,38-40(12-4,13-5)14-6)24-22-29-16-15-17-31(33)36-29/h15,17-22,24,29-30H,9-14,16,23,25-26H2,1-8H3/b24-22+/t29?,30-,32-/m1/s1. The molecule has 1 aromatic carbocycles. The third kappa shape index (κ3) is 9.69. The van der Waals surface area contributed by atoms with Gasteiger partial charge < -0.3 is 23.1 Å². The molecule has 6 nitrogen and oxygen atoms in total. The van der Waals surface area contributed by atoms with Crippen molar-refractivity contribution in [2.24, 2.45) is 0 Å². The fraction of sp³-hybridized carbons (Fsp3) is 0.656. The van der Waals surface area contributed by atoms with Gasteiger partial charge in [-0.25, -0.2) is 4.79 Å². The van der Waals surface area contributed by atoms with E-state index in [1.165, 1.54) is 6.08 Å². The maximum atomic E-state index is 11.9. The summed E-state index contributed by atoms with van der Waals surface area (Å²) in [5, 5.41) is 0. The van der Waals surface area contributed by atoms with Gasteiger partial charge in [0.2, 0.25) is 0 Å². The topological polar surface area (TPSA) is 63.2 Å². The fourth-order valence-electron chi connectivity index (χ4n) is 5.46. The molecule has 1 aromatic rings. The molecule has 3 atom stereocenters. The predicted octanol–water partition coefficient (Wildman–Crippen LogP) is 8.20. The molecule has 0 saturated carbocycles. The Morgan fingerprint density at radius 3 is 2.10 bits per heavy atom. The normalized spacial score (nSPS) is 18.5. The number of hydrogen-bond acceptors (Lipinski definition) is 6. The minimum Gasteiger partial charge on any atom is -0.497 e. The lowest BCUT2D eigenvalue weighted by Crippen LogP contribution is -2.55. The first-order chi connectivity index (χ1) is 19.2. The van der Waals surface area contributed by atoms with Crippen molar-refractivity contribution in [3.8, 4) is 5.75 Å². The number of carbonyl (C=O) groups is 1. The Labute approximate surface area is 245 Å². The van der Waals surface area contributed by atoms with Gasteiger partial charge >= 0.3 is 5.97 Å². The molecule has 0 N–H and O–H groups in total. The van der Waals surface area contributed by atoms with Crippen LogP contribution in [0.15, 0.2) is 48.6 Å². The Hall–Kier alpha value is -1.72. The summed E-state index contributed by atoms with van der Waals surface area (Å²) in [6.07, 6.45) is 8.47. The Morgan fingerprint density at radius 1 is 0.975 bits per heavy atom. The molecule has 2 rings (SSSR count). The SMILES string of the molecule is CC[Si](CC)(CC)O[C@H](CCOCc1ccc(OC)cc1)[C@@](C)(/C=C/C1CC=CC(=O)O1)O[Si](CC)(CC)CC. The zero-order valence-electron chi connectivity index (χ0n) is 26.3. The van der Waals surface area contributed by atoms with Gasteiger partial charge in [0.05, 0.1) is 25.4 Å². The first kappa shape index (κ1) is 34.5. The minimum atomic E-state index is -2.02. The number of hydrogen-bond donors (Lipinski definition) is 0. The molecule has 226 valence electrons. The van der Waals surface area contributed by atoms with Crippen LogP contribution in [0.1, 0.15) is 66.9 Å². The Kier molecular flexibility index (Phi) is 14.4. The Bertz CT molecular complexity index is 923. The summed E-state index contributed by atoms with van der Waals surface area (Å²) in [5.74, 6) is 0.545. The Balaban J connectivity index is 2.38. The highest BCUT2D eigenvalue weighted by atomic mass is 28.4. The molecule has 0 aliphatic carbocycles. The van der Waals surface area contributed by atoms with Gasteiger partial charge in [0.15, 0.2) is 16.6 Å². The molecular weight excluding hydrogens is 537 g/mol. The summed E-state index contributed by atoms with van der Waals surface area (Å²) in [6.45, 7) is 16.8. The van der Waals surface area contributed by atoms with Crippen LogP contribution >= 0.6 is 0 Å². The van der Waals surface area contributed by atoms with Crippen molar-refractivity contribution in [3.05, 3.63) is 54.1 Å². The molecule has 0 bridgehead atoms. The lowest BCUT2D eigenvalue weighted by Gasteiger charge is -2.46. The van der Waals surface area contributed by atoms with E-state index in [1.54, 1.807) is 7.11 Å². The van der Waals surface area contributed by atoms with Gasteiger partial charge in [-0.3, -0.25) is 0 Å². The van der Waals surface area contributed by atoms with Crippen molar-refractivity contribution in [2.75, 3.05) is 13.7 Å². The van der Waals surface area contributed by atoms with Gasteiger partial charge in [-0.2, -0.15) is 0 Å². The number of carbonyl (C=O) groups excluding carboxylic acids is 1. The van der Waals surface area contributed by atoms with Crippen LogP contribution in [0.2, 0.25) is 36.3 Å². The molecule has 1 aliphatic heterocycles. The van der Waals surface area contributed by atoms with Crippen molar-refractivity contribution in [2.45, 2.75) is 122 Å². The maximum absolute atomic E-state index is 11.9. The van der Waals surface area contributed by atoms with Crippen LogP contribution in [-0.2, 0) is 29.7 Å². The summed E-state index contributed by atoms with van der Waals surface area (Å²) in [5.41, 5.74) is 0.446. The lowest BCUT2D eigenvalue weighted by molar-refractivity contribution is -0.141. The fourth-order valence-corrected chi connectivity index (χ4v) is 11.5. The largest absolute Gasteiger partial charge is 0.497 e. The smallest absolute Gasteiger partial charge is 0.331 e. The van der Waals surface area contributed by atoms with Crippen LogP contribution in [0, 0.1) is 0 Å². The van der Waals surface area contributed by atoms with Crippen LogP contribution in [0.3, 0.4) is 0 Å². The molecule has 40 heavy (non-hydrogen) atoms. The number of cyclic esters (lactones) is 1. The predicted molar refractivity (Wildman–Crippen MR) is 169 cm³/mol. The summed E-state index contributed by atoms with van der Waals surface area (Å²) >= 11 is 0. The van der Waals surface area contributed by atoms with Crippen molar-refractivity contribution in [1.82, 2.24) is 0 Å². The number of esters is 1. The highest BCUT2D eigenvalue weighted by Crippen LogP contribution is 2.37. The maximum Gasteiger partial charge on any atom is 0.331 e. The number of methoxy groups -OCH3 is 1. The second-order valence-electron chi connectivity index (χ2n) is 11.0. The van der Waals surface area contributed by atoms with Crippen LogP contribution in [0.4, 0.5) is 0 Å². The average molecular weight is 591 g/mol. The number of ether oxygens (including phenoxy) is 3. The van der Waals surface area contributed by atoms with Crippen LogP contribution in [0.25, 0.3) is 0 Å². The van der Waals surface area contributed by atoms with Crippen molar-refractivity contribution in [1.29, 1.82) is 0 Å². The van der Waals surface area contributed by atoms with Gasteiger partial charge in [0, 0.05) is 19.1 Å². The third-order valence-corrected chi connectivity index (χ3v) is 18.2. The molecule has 0 spiro atoms. The molecule has 0 fully saturated rings. The van der Waals surface area contributed by atoms with E-state index in [9.17, 15) is 4.79 Å². The van der Waals surface area contributed by atoms with E-state index in [2.05, 4.69) is 54.5 Å². The van der Waals surface area contributed by atoms with E-state index in [0.717, 1.165) is 54.0 Å². The van der Waals surface area contributed by atoms with Crippen molar-refractivity contribution < 1.29 is 27.9 Å². The average Bonchev–Trinajstić information content (AvgIpc) is 2.99. The summed E-state index contributed by atoms with van der Waals surface area (Å²) in [7, 11) is -2.32. The monoisotopic (exact) mass is 590 g/mol. The highest BCUT2D eigenvalue weighted by Gasteiger charge is 2.45. The zero-order valence-corrected chi connectivity index (χ0v) is 28.3. The van der Waals surface area contributed by atoms with Gasteiger partial charge in [0.1, 0.15) is 11.9 Å². The van der Waals surface area contributed by atoms with E-state index in [4.69, 9.17) is 23.1 Å². The second kappa shape index (κ2) is 16.7. The first-order valence-corrected chi connectivity index (χ1v) is 20.4. The molecule has 0 aromatic heterocycles. The molecule has 0 radical (unpaired) electrons. The number of rotatable bonds is 19. The third-order valence-electron chi connectivity index (χ3n) is 8.82. The van der Waals surface area contributed by atoms with E-state index < -0.39 is 22.2 Å². The summed E-state index contributed by atoms with van der Waals surface area (Å²) in [4.78, 5) is 11.9. The minimum absolute atomic E-state index is 0.169. The molecule has 0 amide bonds. The van der Waals surface area contributed by atoms with Gasteiger partial charge in [-0.15, -0.1) is 0 Å². The van der Waals surface area contributed by atoms with Gasteiger partial charge in [0.25, 0.3) is 0 Å². The molecule has 8 heteroatoms. The molecule has 1 heterocycles. The van der Waals surface area contributed by atoms with Crippen LogP contribution in [-0.4, -0.2) is 54.1 Å². The summed E-state index contributed by atoms with van der Waals surface area (Å²) in [6, 6.07) is 14.3. The quantitative estimate of drug-likeness (QED) is 0.0700. The van der Waals surface area contributed by atoms with E-state index in [1.807, 2.05) is 36.4 Å². The second-order valence-corrected chi connectivity index (χ2v) is 20.5. The van der Waals surface area contributed by atoms with E-state index in [-0.39, 0.29) is 18.2 Å². The Morgan fingerprint density at radius 2 is 1.57 bits per heavy atom.